The van der Waals surface area contributed by atoms with Crippen LogP contribution in [0, 0.1) is 24.1 Å². The molecule has 2 aromatic carbocycles. The summed E-state index contributed by atoms with van der Waals surface area (Å²) in [6.45, 7) is 2.03. The van der Waals surface area contributed by atoms with Gasteiger partial charge in [-0.3, -0.25) is 0 Å². The first-order valence-corrected chi connectivity index (χ1v) is 7.94. The number of hydrogen-bond acceptors (Lipinski definition) is 3. The maximum Gasteiger partial charge on any atom is 0.134 e. The number of allylic oxidation sites excluding steroid dienone is 1. The van der Waals surface area contributed by atoms with Crippen LogP contribution in [-0.4, -0.2) is 4.98 Å². The number of rotatable bonds is 3. The quantitative estimate of drug-likeness (QED) is 0.612. The lowest BCUT2D eigenvalue weighted by atomic mass is 10.1. The number of hydrogen-bond donors (Lipinski definition) is 0. The molecule has 4 heteroatoms. The Hall–Kier alpha value is -2.77. The van der Waals surface area contributed by atoms with Gasteiger partial charge >= 0.3 is 0 Å². The van der Waals surface area contributed by atoms with E-state index in [1.807, 2.05) is 36.6 Å². The molecule has 0 unspecified atom stereocenters. The highest BCUT2D eigenvalue weighted by molar-refractivity contribution is 7.11. The lowest BCUT2D eigenvalue weighted by Crippen LogP contribution is -1.84. The molecule has 0 amide bonds. The zero-order chi connectivity index (χ0) is 16.2. The summed E-state index contributed by atoms with van der Waals surface area (Å²) in [5.41, 5.74) is 4.12. The second-order valence-corrected chi connectivity index (χ2v) is 5.99. The Morgan fingerprint density at radius 3 is 2.70 bits per heavy atom. The summed E-state index contributed by atoms with van der Waals surface area (Å²) in [4.78, 5) is 4.53. The molecular formula is C19H13FN2S. The van der Waals surface area contributed by atoms with Crippen LogP contribution in [0.25, 0.3) is 22.9 Å². The molecule has 0 atom stereocenters. The van der Waals surface area contributed by atoms with Crippen molar-refractivity contribution >= 4 is 23.0 Å². The molecule has 23 heavy (non-hydrogen) atoms. The normalized spacial score (nSPS) is 11.3. The van der Waals surface area contributed by atoms with Crippen LogP contribution in [0.5, 0.6) is 0 Å². The molecule has 1 aromatic heterocycles. The fraction of sp³-hybridized carbons (Fsp3) is 0.0526. The molecular weight excluding hydrogens is 307 g/mol. The molecule has 0 aliphatic carbocycles. The highest BCUT2D eigenvalue weighted by Crippen LogP contribution is 2.27. The minimum atomic E-state index is -0.324. The van der Waals surface area contributed by atoms with E-state index in [1.54, 1.807) is 18.2 Å². The topological polar surface area (TPSA) is 36.7 Å². The summed E-state index contributed by atoms with van der Waals surface area (Å²) < 4.78 is 13.3. The highest BCUT2D eigenvalue weighted by atomic mass is 32.1. The van der Waals surface area contributed by atoms with Crippen LogP contribution >= 0.6 is 11.3 Å². The summed E-state index contributed by atoms with van der Waals surface area (Å²) in [6.07, 6.45) is 1.65. The largest absolute Gasteiger partial charge is 0.235 e. The van der Waals surface area contributed by atoms with E-state index in [9.17, 15) is 9.65 Å². The number of aromatic nitrogens is 1. The first-order chi connectivity index (χ1) is 11.2. The van der Waals surface area contributed by atoms with Crippen molar-refractivity contribution in [3.63, 3.8) is 0 Å². The van der Waals surface area contributed by atoms with E-state index in [0.717, 1.165) is 11.3 Å². The molecule has 3 aromatic rings. The monoisotopic (exact) mass is 320 g/mol. The molecule has 0 fully saturated rings. The molecule has 1 heterocycles. The van der Waals surface area contributed by atoms with Gasteiger partial charge in [-0.25, -0.2) is 9.37 Å². The van der Waals surface area contributed by atoms with E-state index in [0.29, 0.717) is 16.1 Å². The number of nitrogens with zero attached hydrogens (tertiary/aromatic N) is 2. The molecule has 2 nitrogen and oxygen atoms in total. The summed E-state index contributed by atoms with van der Waals surface area (Å²) in [5, 5.41) is 11.9. The Bertz CT molecular complexity index is 902. The van der Waals surface area contributed by atoms with Gasteiger partial charge in [0, 0.05) is 10.9 Å². The molecule has 112 valence electrons. The van der Waals surface area contributed by atoms with Gasteiger partial charge in [-0.15, -0.1) is 11.3 Å². The van der Waals surface area contributed by atoms with Crippen LogP contribution in [0.1, 0.15) is 16.1 Å². The maximum atomic E-state index is 13.3. The lowest BCUT2D eigenvalue weighted by Gasteiger charge is -1.98. The molecule has 0 radical (unpaired) electrons. The van der Waals surface area contributed by atoms with Gasteiger partial charge in [0.05, 0.1) is 11.3 Å². The average Bonchev–Trinajstić information content (AvgIpc) is 3.03. The van der Waals surface area contributed by atoms with Crippen LogP contribution in [0.3, 0.4) is 0 Å². The minimum Gasteiger partial charge on any atom is -0.235 e. The molecule has 3 rings (SSSR count). The van der Waals surface area contributed by atoms with E-state index in [-0.39, 0.29) is 5.82 Å². The van der Waals surface area contributed by atoms with Gasteiger partial charge in [0.15, 0.2) is 0 Å². The summed E-state index contributed by atoms with van der Waals surface area (Å²) in [5.74, 6) is -0.324. The van der Waals surface area contributed by atoms with Crippen LogP contribution in [0.4, 0.5) is 4.39 Å². The molecule has 0 bridgehead atoms. The molecule has 0 N–H and O–H groups in total. The van der Waals surface area contributed by atoms with Crippen molar-refractivity contribution in [2.45, 2.75) is 6.92 Å². The van der Waals surface area contributed by atoms with Gasteiger partial charge in [-0.2, -0.15) is 5.26 Å². The van der Waals surface area contributed by atoms with Gasteiger partial charge in [-0.1, -0.05) is 42.0 Å². The zero-order valence-electron chi connectivity index (χ0n) is 12.5. The second kappa shape index (κ2) is 6.55. The van der Waals surface area contributed by atoms with Crippen molar-refractivity contribution in [1.29, 1.82) is 5.26 Å². The third-order valence-corrected chi connectivity index (χ3v) is 4.24. The average molecular weight is 320 g/mol. The molecule has 0 spiro atoms. The van der Waals surface area contributed by atoms with E-state index >= 15 is 0 Å². The summed E-state index contributed by atoms with van der Waals surface area (Å²) in [7, 11) is 0. The van der Waals surface area contributed by atoms with E-state index < -0.39 is 0 Å². The summed E-state index contributed by atoms with van der Waals surface area (Å²) in [6, 6.07) is 16.4. The van der Waals surface area contributed by atoms with Crippen molar-refractivity contribution < 1.29 is 4.39 Å². The highest BCUT2D eigenvalue weighted by Gasteiger charge is 2.09. The maximum absolute atomic E-state index is 13.3. The lowest BCUT2D eigenvalue weighted by molar-refractivity contribution is 0.627. The SMILES string of the molecule is Cc1ccc(-c2csc(/C(C#N)=C/c3cccc(F)c3)n2)cc1. The van der Waals surface area contributed by atoms with Crippen molar-refractivity contribution in [1.82, 2.24) is 4.98 Å². The van der Waals surface area contributed by atoms with Crippen LogP contribution < -0.4 is 0 Å². The Balaban J connectivity index is 1.94. The number of thiazole rings is 1. The molecule has 0 saturated heterocycles. The third-order valence-electron chi connectivity index (χ3n) is 3.36. The molecule has 0 saturated carbocycles. The predicted octanol–water partition coefficient (Wildman–Crippen LogP) is 5.32. The van der Waals surface area contributed by atoms with Crippen LogP contribution in [-0.2, 0) is 0 Å². The van der Waals surface area contributed by atoms with Gasteiger partial charge in [0.25, 0.3) is 0 Å². The Labute approximate surface area is 138 Å². The fourth-order valence-electron chi connectivity index (χ4n) is 2.16. The van der Waals surface area contributed by atoms with E-state index in [4.69, 9.17) is 0 Å². The number of benzene rings is 2. The Morgan fingerprint density at radius 1 is 1.22 bits per heavy atom. The van der Waals surface area contributed by atoms with Crippen molar-refractivity contribution in [3.8, 4) is 17.3 Å². The van der Waals surface area contributed by atoms with Gasteiger partial charge in [0.2, 0.25) is 0 Å². The second-order valence-electron chi connectivity index (χ2n) is 5.13. The number of aryl methyl sites for hydroxylation is 1. The zero-order valence-corrected chi connectivity index (χ0v) is 13.3. The summed E-state index contributed by atoms with van der Waals surface area (Å²) >= 11 is 1.41. The first-order valence-electron chi connectivity index (χ1n) is 7.06. The van der Waals surface area contributed by atoms with Crippen molar-refractivity contribution in [2.24, 2.45) is 0 Å². The molecule has 0 aliphatic heterocycles. The first kappa shape index (κ1) is 15.1. The number of halogens is 1. The van der Waals surface area contributed by atoms with Gasteiger partial charge < -0.3 is 0 Å². The van der Waals surface area contributed by atoms with Crippen LogP contribution in [0.15, 0.2) is 53.9 Å². The predicted molar refractivity (Wildman–Crippen MR) is 92.2 cm³/mol. The van der Waals surface area contributed by atoms with Crippen molar-refractivity contribution in [2.75, 3.05) is 0 Å². The fourth-order valence-corrected chi connectivity index (χ4v) is 2.95. The Morgan fingerprint density at radius 2 is 2.00 bits per heavy atom. The Kier molecular flexibility index (Phi) is 4.31. The van der Waals surface area contributed by atoms with Gasteiger partial charge in [-0.05, 0) is 30.7 Å². The van der Waals surface area contributed by atoms with Crippen molar-refractivity contribution in [3.05, 3.63) is 75.9 Å². The smallest absolute Gasteiger partial charge is 0.134 e. The van der Waals surface area contributed by atoms with Gasteiger partial charge in [0.1, 0.15) is 16.9 Å². The van der Waals surface area contributed by atoms with E-state index in [2.05, 4.69) is 11.1 Å². The standard InChI is InChI=1S/C19H13FN2S/c1-13-5-7-15(8-6-13)18-12-23-19(22-18)16(11-21)9-14-3-2-4-17(20)10-14/h2-10,12H,1H3/b16-9+. The van der Waals surface area contributed by atoms with E-state index in [1.165, 1.54) is 29.0 Å². The number of nitriles is 1. The van der Waals surface area contributed by atoms with Crippen LogP contribution in [0.2, 0.25) is 0 Å². The molecule has 0 aliphatic rings. The third kappa shape index (κ3) is 3.53. The minimum absolute atomic E-state index is 0.324.